The molecule has 4 heteroatoms. The number of rotatable bonds is 4. The van der Waals surface area contributed by atoms with Crippen LogP contribution in [0.15, 0.2) is 36.4 Å². The Morgan fingerprint density at radius 1 is 0.750 bits per heavy atom. The van der Waals surface area contributed by atoms with Crippen molar-refractivity contribution in [1.82, 2.24) is 0 Å². The van der Waals surface area contributed by atoms with Crippen LogP contribution in [0.1, 0.15) is 49.9 Å². The first kappa shape index (κ1) is 32.1. The Bertz CT molecular complexity index is 421. The normalized spacial score (nSPS) is 8.25. The standard InChI is InChI=1S/2C8H11.C4H11Si.2ClH.Zr/c2*1-3-8-6-4-5-7(8)2;1-3-5-4-2;;;/h2*4-6H,3H2,1-2H3;5H,3-4H2,1-2H3;2*1H;/q2*-1;;;;+4/p-2. The maximum atomic E-state index is 2.25. The molecule has 0 saturated heterocycles. The van der Waals surface area contributed by atoms with Gasteiger partial charge in [0.25, 0.3) is 0 Å². The molecule has 0 nitrogen and oxygen atoms in total. The van der Waals surface area contributed by atoms with Crippen LogP contribution in [0, 0.1) is 13.8 Å². The molecule has 0 aliphatic rings. The molecule has 0 aliphatic carbocycles. The van der Waals surface area contributed by atoms with E-state index in [1.807, 2.05) is 0 Å². The average Bonchev–Trinajstić information content (AvgIpc) is 3.09. The van der Waals surface area contributed by atoms with Crippen LogP contribution in [0.2, 0.25) is 12.1 Å². The second kappa shape index (κ2) is 21.4. The fourth-order valence-corrected chi connectivity index (χ4v) is 2.75. The summed E-state index contributed by atoms with van der Waals surface area (Å²) in [5.74, 6) is 0. The van der Waals surface area contributed by atoms with Gasteiger partial charge in [-0.2, -0.15) is 34.4 Å². The molecule has 0 N–H and O–H groups in total. The molecule has 0 spiro atoms. The molecule has 24 heavy (non-hydrogen) atoms. The van der Waals surface area contributed by atoms with E-state index in [9.17, 15) is 0 Å². The maximum absolute atomic E-state index is 2.25. The predicted octanol–water partition coefficient (Wildman–Crippen LogP) is -0.143. The van der Waals surface area contributed by atoms with E-state index in [0.717, 1.165) is 9.52 Å². The maximum Gasteiger partial charge on any atom is 4.00 e. The summed E-state index contributed by atoms with van der Waals surface area (Å²) < 4.78 is 0. The number of halogens is 2. The van der Waals surface area contributed by atoms with Crippen molar-refractivity contribution >= 4 is 9.52 Å². The molecule has 0 saturated carbocycles. The van der Waals surface area contributed by atoms with Gasteiger partial charge in [-0.3, -0.25) is 0 Å². The van der Waals surface area contributed by atoms with Crippen LogP contribution in [0.3, 0.4) is 0 Å². The van der Waals surface area contributed by atoms with Gasteiger partial charge in [-0.15, -0.1) is 0 Å². The largest absolute Gasteiger partial charge is 4.00 e. The van der Waals surface area contributed by atoms with Crippen LogP contribution in [-0.4, -0.2) is 9.52 Å². The SMILES string of the molecule is CC[SiH]CC.CC[c-]1cccc1C.CC[c-]1cccc1C.[Cl-].[Cl-].[Zr+4]. The summed E-state index contributed by atoms with van der Waals surface area (Å²) in [5, 5.41) is 0. The molecule has 0 unspecified atom stereocenters. The Balaban J connectivity index is -0.000000121. The zero-order valence-electron chi connectivity index (χ0n) is 16.1. The molecule has 135 valence electrons. The Hall–Kier alpha value is 0.380. The zero-order chi connectivity index (χ0) is 16.1. The van der Waals surface area contributed by atoms with Gasteiger partial charge >= 0.3 is 26.2 Å². The van der Waals surface area contributed by atoms with Crippen molar-refractivity contribution in [3.8, 4) is 0 Å². The summed E-state index contributed by atoms with van der Waals surface area (Å²) in [6.45, 7) is 13.2. The quantitative estimate of drug-likeness (QED) is 0.437. The van der Waals surface area contributed by atoms with E-state index in [1.165, 1.54) is 47.2 Å². The summed E-state index contributed by atoms with van der Waals surface area (Å²) in [5.41, 5.74) is 5.80. The topological polar surface area (TPSA) is 0 Å². The van der Waals surface area contributed by atoms with Gasteiger partial charge in [0.2, 0.25) is 0 Å². The van der Waals surface area contributed by atoms with Crippen LogP contribution >= 0.6 is 0 Å². The third-order valence-electron chi connectivity index (χ3n) is 3.64. The first-order valence-electron chi connectivity index (χ1n) is 8.34. The molecule has 0 amide bonds. The van der Waals surface area contributed by atoms with Gasteiger partial charge in [0.05, 0.1) is 0 Å². The van der Waals surface area contributed by atoms with Gasteiger partial charge in [0.15, 0.2) is 0 Å². The van der Waals surface area contributed by atoms with Crippen LogP contribution in [0.5, 0.6) is 0 Å². The Morgan fingerprint density at radius 3 is 1.17 bits per heavy atom. The van der Waals surface area contributed by atoms with Crippen molar-refractivity contribution in [3.05, 3.63) is 58.7 Å². The summed E-state index contributed by atoms with van der Waals surface area (Å²) >= 11 is 0. The van der Waals surface area contributed by atoms with Crippen LogP contribution in [0.4, 0.5) is 0 Å². The van der Waals surface area contributed by atoms with Gasteiger partial charge in [-0.1, -0.05) is 66.5 Å². The molecule has 2 aromatic rings. The minimum atomic E-state index is 0. The van der Waals surface area contributed by atoms with Crippen molar-refractivity contribution in [2.24, 2.45) is 0 Å². The second-order valence-electron chi connectivity index (χ2n) is 5.28. The number of hydrogen-bond acceptors (Lipinski definition) is 0. The first-order valence-corrected chi connectivity index (χ1v) is 9.97. The fraction of sp³-hybridized carbons (Fsp3) is 0.500. The van der Waals surface area contributed by atoms with Gasteiger partial charge in [-0.05, 0) is 0 Å². The van der Waals surface area contributed by atoms with Gasteiger partial charge in [0.1, 0.15) is 0 Å². The van der Waals surface area contributed by atoms with Crippen molar-refractivity contribution in [3.63, 3.8) is 0 Å². The summed E-state index contributed by atoms with van der Waals surface area (Å²) in [7, 11) is 0.815. The molecule has 0 atom stereocenters. The van der Waals surface area contributed by atoms with Crippen molar-refractivity contribution < 1.29 is 51.0 Å². The fourth-order valence-electron chi connectivity index (χ4n) is 2.18. The molecule has 0 aliphatic heterocycles. The minimum Gasteiger partial charge on any atom is -1.00 e. The van der Waals surface area contributed by atoms with E-state index in [0.29, 0.717) is 0 Å². The Morgan fingerprint density at radius 2 is 1.08 bits per heavy atom. The Kier molecular flexibility index (Phi) is 28.6. The Labute approximate surface area is 184 Å². The van der Waals surface area contributed by atoms with Crippen LogP contribution < -0.4 is 24.8 Å². The zero-order valence-corrected chi connectivity index (χ0v) is 21.3. The van der Waals surface area contributed by atoms with Crippen molar-refractivity contribution in [2.75, 3.05) is 0 Å². The van der Waals surface area contributed by atoms with Crippen LogP contribution in [-0.2, 0) is 39.0 Å². The van der Waals surface area contributed by atoms with Crippen LogP contribution in [0.25, 0.3) is 0 Å². The third-order valence-corrected chi connectivity index (χ3v) is 4.79. The minimum absolute atomic E-state index is 0. The van der Waals surface area contributed by atoms with Gasteiger partial charge in [-0.25, -0.2) is 24.3 Å². The average molecular weight is 464 g/mol. The van der Waals surface area contributed by atoms with Gasteiger partial charge in [0, 0.05) is 9.52 Å². The monoisotopic (exact) mass is 461 g/mol. The third kappa shape index (κ3) is 14.7. The number of hydrogen-bond donors (Lipinski definition) is 0. The number of aryl methyl sites for hydroxylation is 4. The van der Waals surface area contributed by atoms with Gasteiger partial charge < -0.3 is 24.8 Å². The molecule has 0 aromatic heterocycles. The molecule has 1 radical (unpaired) electrons. The van der Waals surface area contributed by atoms with E-state index < -0.39 is 0 Å². The van der Waals surface area contributed by atoms with Crippen molar-refractivity contribution in [1.29, 1.82) is 0 Å². The molecule has 0 fully saturated rings. The molecule has 0 bridgehead atoms. The second-order valence-corrected chi connectivity index (χ2v) is 7.49. The molecule has 0 heterocycles. The van der Waals surface area contributed by atoms with Crippen molar-refractivity contribution in [2.45, 2.75) is 66.5 Å². The van der Waals surface area contributed by atoms with E-state index >= 15 is 0 Å². The smallest absolute Gasteiger partial charge is 1.00 e. The predicted molar refractivity (Wildman–Crippen MR) is 100 cm³/mol. The summed E-state index contributed by atoms with van der Waals surface area (Å²) in [4.78, 5) is 0. The summed E-state index contributed by atoms with van der Waals surface area (Å²) in [6.07, 6.45) is 2.33. The molecule has 2 aromatic carbocycles. The molecular formula is C20H33Cl2SiZr. The first-order chi connectivity index (χ1) is 10.1. The van der Waals surface area contributed by atoms with E-state index in [4.69, 9.17) is 0 Å². The van der Waals surface area contributed by atoms with E-state index in [-0.39, 0.29) is 51.0 Å². The summed E-state index contributed by atoms with van der Waals surface area (Å²) in [6, 6.07) is 15.7. The molecule has 2 rings (SSSR count). The van der Waals surface area contributed by atoms with E-state index in [2.05, 4.69) is 77.9 Å². The molecular weight excluding hydrogens is 430 g/mol. The van der Waals surface area contributed by atoms with E-state index in [1.54, 1.807) is 0 Å².